The Bertz CT molecular complexity index is 2530. The average molecular weight is 855 g/mol. The molecule has 1 aliphatic rings. The summed E-state index contributed by atoms with van der Waals surface area (Å²) in [6.45, 7) is 4.26. The fourth-order valence-corrected chi connectivity index (χ4v) is 9.18. The largest absolute Gasteiger partial charge is 0.376 e. The third-order valence-corrected chi connectivity index (χ3v) is 12.9. The first-order valence-corrected chi connectivity index (χ1v) is 21.9. The third-order valence-electron chi connectivity index (χ3n) is 10.2. The van der Waals surface area contributed by atoms with Crippen molar-refractivity contribution in [3.63, 3.8) is 0 Å². The van der Waals surface area contributed by atoms with Gasteiger partial charge in [-0.1, -0.05) is 48.0 Å². The SMILES string of the molecule is CN(C)CCC(CSc1ccccc1)Nc1ccc(S(=O)(=O)Nc2ncnc3cc(N4CCN(Cc5cc(F)ccc5-c5ccc(Cl)cc5)CC4)ccc23)cc1[N+](=O)[O-]. The van der Waals surface area contributed by atoms with Crippen LogP contribution in [0.2, 0.25) is 5.02 Å². The highest BCUT2D eigenvalue weighted by Crippen LogP contribution is 2.33. The Morgan fingerprint density at radius 1 is 0.932 bits per heavy atom. The number of anilines is 3. The summed E-state index contributed by atoms with van der Waals surface area (Å²) in [6, 6.07) is 31.7. The third kappa shape index (κ3) is 10.7. The lowest BCUT2D eigenvalue weighted by Gasteiger charge is -2.36. The predicted octanol–water partition coefficient (Wildman–Crippen LogP) is 8.65. The Kier molecular flexibility index (Phi) is 13.3. The molecule has 1 aromatic heterocycles. The number of benzene rings is 5. The van der Waals surface area contributed by atoms with Crippen molar-refractivity contribution in [3.05, 3.63) is 142 Å². The van der Waals surface area contributed by atoms with Gasteiger partial charge in [-0.15, -0.1) is 11.8 Å². The molecular weight excluding hydrogens is 811 g/mol. The quantitative estimate of drug-likeness (QED) is 0.0550. The highest BCUT2D eigenvalue weighted by Gasteiger charge is 2.25. The zero-order chi connectivity index (χ0) is 41.5. The van der Waals surface area contributed by atoms with Crippen molar-refractivity contribution in [3.8, 4) is 11.1 Å². The Hall–Kier alpha value is -5.32. The molecule has 306 valence electrons. The molecule has 12 nitrogen and oxygen atoms in total. The molecule has 0 radical (unpaired) electrons. The van der Waals surface area contributed by atoms with Gasteiger partial charge in [0.05, 0.1) is 15.3 Å². The van der Waals surface area contributed by atoms with Gasteiger partial charge in [0.1, 0.15) is 17.8 Å². The number of hydrogen-bond acceptors (Lipinski definition) is 11. The highest BCUT2D eigenvalue weighted by molar-refractivity contribution is 7.99. The predicted molar refractivity (Wildman–Crippen MR) is 236 cm³/mol. The van der Waals surface area contributed by atoms with E-state index in [0.29, 0.717) is 47.7 Å². The van der Waals surface area contributed by atoms with Crippen LogP contribution in [0.5, 0.6) is 0 Å². The summed E-state index contributed by atoms with van der Waals surface area (Å²) in [5.41, 5.74) is 4.19. The summed E-state index contributed by atoms with van der Waals surface area (Å²) < 4.78 is 44.4. The molecule has 59 heavy (non-hydrogen) atoms. The molecule has 5 aromatic carbocycles. The molecule has 6 aromatic rings. The summed E-state index contributed by atoms with van der Waals surface area (Å²) in [4.78, 5) is 27.8. The van der Waals surface area contributed by atoms with Crippen LogP contribution < -0.4 is 14.9 Å². The van der Waals surface area contributed by atoms with Crippen molar-refractivity contribution in [2.45, 2.75) is 28.8 Å². The molecule has 1 unspecified atom stereocenters. The molecular formula is C43H44ClFN8O4S2. The van der Waals surface area contributed by atoms with Crippen LogP contribution in [0.1, 0.15) is 12.0 Å². The number of nitro groups is 1. The number of nitrogens with zero attached hydrogens (tertiary/aromatic N) is 6. The van der Waals surface area contributed by atoms with Crippen LogP contribution in [-0.2, 0) is 16.6 Å². The van der Waals surface area contributed by atoms with Crippen LogP contribution in [0.3, 0.4) is 0 Å². The van der Waals surface area contributed by atoms with Gasteiger partial charge >= 0.3 is 0 Å². The lowest BCUT2D eigenvalue weighted by Crippen LogP contribution is -2.46. The van der Waals surface area contributed by atoms with Crippen molar-refractivity contribution >= 4 is 67.2 Å². The van der Waals surface area contributed by atoms with Crippen molar-refractivity contribution < 1.29 is 17.7 Å². The minimum atomic E-state index is -4.29. The van der Waals surface area contributed by atoms with Gasteiger partial charge in [-0.3, -0.25) is 19.7 Å². The molecule has 1 fully saturated rings. The normalized spacial score (nSPS) is 14.1. The van der Waals surface area contributed by atoms with E-state index in [1.165, 1.54) is 24.5 Å². The van der Waals surface area contributed by atoms with Crippen LogP contribution >= 0.6 is 23.4 Å². The number of aromatic nitrogens is 2. The summed E-state index contributed by atoms with van der Waals surface area (Å²) in [5, 5.41) is 16.7. The second-order valence-corrected chi connectivity index (χ2v) is 17.8. The van der Waals surface area contributed by atoms with Gasteiger partial charge in [0.15, 0.2) is 5.82 Å². The molecule has 1 aliphatic heterocycles. The van der Waals surface area contributed by atoms with Gasteiger partial charge in [0.25, 0.3) is 15.7 Å². The number of thioether (sulfide) groups is 1. The number of nitro benzene ring substituents is 1. The number of nitrogens with one attached hydrogen (secondary N) is 2. The van der Waals surface area contributed by atoms with Crippen LogP contribution in [0.4, 0.5) is 27.3 Å². The van der Waals surface area contributed by atoms with Crippen molar-refractivity contribution in [2.75, 3.05) is 67.5 Å². The van der Waals surface area contributed by atoms with Crippen LogP contribution in [0.25, 0.3) is 22.0 Å². The van der Waals surface area contributed by atoms with Crippen molar-refractivity contribution in [2.24, 2.45) is 0 Å². The van der Waals surface area contributed by atoms with E-state index in [2.05, 4.69) is 29.8 Å². The summed E-state index contributed by atoms with van der Waals surface area (Å²) in [7, 11) is -0.354. The second kappa shape index (κ2) is 18.7. The number of sulfonamides is 1. The van der Waals surface area contributed by atoms with Gasteiger partial charge < -0.3 is 15.1 Å². The van der Waals surface area contributed by atoms with Crippen molar-refractivity contribution in [1.82, 2.24) is 19.8 Å². The monoisotopic (exact) mass is 854 g/mol. The zero-order valence-corrected chi connectivity index (χ0v) is 35.0. The first-order chi connectivity index (χ1) is 28.4. The lowest BCUT2D eigenvalue weighted by atomic mass is 9.99. The number of rotatable bonds is 16. The van der Waals surface area contributed by atoms with Crippen LogP contribution in [0, 0.1) is 15.9 Å². The van der Waals surface area contributed by atoms with E-state index in [1.807, 2.05) is 91.8 Å². The number of halogens is 2. The average Bonchev–Trinajstić information content (AvgIpc) is 3.22. The maximum Gasteiger partial charge on any atom is 0.293 e. The topological polar surface area (TPSA) is 137 Å². The maximum atomic E-state index is 14.4. The first-order valence-electron chi connectivity index (χ1n) is 19.1. The van der Waals surface area contributed by atoms with E-state index in [-0.39, 0.29) is 33.9 Å². The fourth-order valence-electron chi connectivity index (χ4n) is 7.02. The molecule has 2 heterocycles. The molecule has 7 rings (SSSR count). The number of fused-ring (bicyclic) bond motifs is 1. The summed E-state index contributed by atoms with van der Waals surface area (Å²) in [6.07, 6.45) is 2.00. The van der Waals surface area contributed by atoms with Gasteiger partial charge in [0.2, 0.25) is 0 Å². The zero-order valence-electron chi connectivity index (χ0n) is 32.6. The Morgan fingerprint density at radius 2 is 1.69 bits per heavy atom. The smallest absolute Gasteiger partial charge is 0.293 e. The number of piperazine rings is 1. The molecule has 0 spiro atoms. The molecule has 1 saturated heterocycles. The van der Waals surface area contributed by atoms with E-state index in [9.17, 15) is 22.9 Å². The van der Waals surface area contributed by atoms with Gasteiger partial charge in [-0.2, -0.15) is 0 Å². The highest BCUT2D eigenvalue weighted by atomic mass is 35.5. The van der Waals surface area contributed by atoms with Crippen molar-refractivity contribution in [1.29, 1.82) is 0 Å². The van der Waals surface area contributed by atoms with E-state index in [0.717, 1.165) is 53.0 Å². The molecule has 2 N–H and O–H groups in total. The maximum absolute atomic E-state index is 14.4. The molecule has 0 bridgehead atoms. The van der Waals surface area contributed by atoms with Gasteiger partial charge in [-0.25, -0.2) is 22.8 Å². The first kappa shape index (κ1) is 41.8. The van der Waals surface area contributed by atoms with Gasteiger partial charge in [0, 0.05) is 71.6 Å². The van der Waals surface area contributed by atoms with Gasteiger partial charge in [-0.05, 0) is 110 Å². The molecule has 1 atom stereocenters. The Balaban J connectivity index is 1.03. The standard InChI is InChI=1S/C43H44ClFN8O4S2/c1-50(2)19-18-34(28-58-36-6-4-3-5-7-36)48-40-17-14-37(26-42(40)53(54)55)59(56,57)49-43-39-16-13-35(25-41(39)46-29-47-43)52-22-20-51(21-23-52)27-31-24-33(45)12-15-38(31)30-8-10-32(44)11-9-30/h3-17,24-26,29,34,48H,18-23,27-28H2,1-2H3,(H,46,47,49). The molecule has 0 aliphatic carbocycles. The van der Waals surface area contributed by atoms with E-state index in [4.69, 9.17) is 11.6 Å². The number of hydrogen-bond donors (Lipinski definition) is 2. The Labute approximate surface area is 352 Å². The Morgan fingerprint density at radius 3 is 2.42 bits per heavy atom. The molecule has 16 heteroatoms. The van der Waals surface area contributed by atoms with E-state index >= 15 is 0 Å². The van der Waals surface area contributed by atoms with E-state index in [1.54, 1.807) is 23.9 Å². The van der Waals surface area contributed by atoms with Crippen LogP contribution in [0.15, 0.2) is 125 Å². The molecule has 0 amide bonds. The summed E-state index contributed by atoms with van der Waals surface area (Å²) in [5.74, 6) is 0.430. The van der Waals surface area contributed by atoms with E-state index < -0.39 is 14.9 Å². The second-order valence-electron chi connectivity index (χ2n) is 14.6. The lowest BCUT2D eigenvalue weighted by molar-refractivity contribution is -0.384. The minimum absolute atomic E-state index is 0.0597. The minimum Gasteiger partial charge on any atom is -0.376 e. The summed E-state index contributed by atoms with van der Waals surface area (Å²) >= 11 is 7.75. The fraction of sp³-hybridized carbons (Fsp3) is 0.256. The van der Waals surface area contributed by atoms with Crippen LogP contribution in [-0.4, -0.2) is 91.7 Å². The molecule has 0 saturated carbocycles.